The monoisotopic (exact) mass is 307 g/mol. The standard InChI is InChI=1S/C19H14ClNO/c20-16-11-12-19(22-17-9-5-2-6-10-17)18(13-16)21-14-15-7-3-1-4-8-15/h1-14H. The van der Waals surface area contributed by atoms with Gasteiger partial charge in [0.05, 0.1) is 0 Å². The molecule has 0 aliphatic carbocycles. The third kappa shape index (κ3) is 3.74. The van der Waals surface area contributed by atoms with Crippen molar-refractivity contribution >= 4 is 23.5 Å². The van der Waals surface area contributed by atoms with Gasteiger partial charge in [-0.25, -0.2) is 0 Å². The molecule has 0 saturated carbocycles. The molecular weight excluding hydrogens is 294 g/mol. The van der Waals surface area contributed by atoms with Gasteiger partial charge in [0.2, 0.25) is 0 Å². The summed E-state index contributed by atoms with van der Waals surface area (Å²) in [6, 6.07) is 24.9. The van der Waals surface area contributed by atoms with Crippen LogP contribution in [-0.2, 0) is 0 Å². The molecule has 3 aromatic carbocycles. The van der Waals surface area contributed by atoms with E-state index in [0.29, 0.717) is 16.5 Å². The molecule has 0 amide bonds. The van der Waals surface area contributed by atoms with Gasteiger partial charge in [-0.05, 0) is 35.9 Å². The number of ether oxygens (including phenoxy) is 1. The smallest absolute Gasteiger partial charge is 0.153 e. The van der Waals surface area contributed by atoms with Gasteiger partial charge in [-0.1, -0.05) is 60.1 Å². The van der Waals surface area contributed by atoms with Crippen molar-refractivity contribution in [3.8, 4) is 11.5 Å². The summed E-state index contributed by atoms with van der Waals surface area (Å²) in [5, 5.41) is 0.626. The Morgan fingerprint density at radius 2 is 1.50 bits per heavy atom. The second-order valence-electron chi connectivity index (χ2n) is 4.70. The SMILES string of the molecule is Clc1ccc(Oc2ccccc2)c(N=Cc2ccccc2)c1. The van der Waals surface area contributed by atoms with Gasteiger partial charge < -0.3 is 4.74 Å². The van der Waals surface area contributed by atoms with E-state index < -0.39 is 0 Å². The molecule has 0 N–H and O–H groups in total. The van der Waals surface area contributed by atoms with Crippen LogP contribution in [0.1, 0.15) is 5.56 Å². The lowest BCUT2D eigenvalue weighted by atomic mass is 10.2. The van der Waals surface area contributed by atoms with Gasteiger partial charge >= 0.3 is 0 Å². The molecule has 0 radical (unpaired) electrons. The minimum absolute atomic E-state index is 0.626. The summed E-state index contributed by atoms with van der Waals surface area (Å²) >= 11 is 6.07. The van der Waals surface area contributed by atoms with Crippen LogP contribution in [0, 0.1) is 0 Å². The maximum atomic E-state index is 6.07. The van der Waals surface area contributed by atoms with Crippen LogP contribution in [0.5, 0.6) is 11.5 Å². The van der Waals surface area contributed by atoms with Gasteiger partial charge in [-0.2, -0.15) is 0 Å². The molecule has 0 atom stereocenters. The number of para-hydroxylation sites is 1. The van der Waals surface area contributed by atoms with E-state index in [-0.39, 0.29) is 0 Å². The van der Waals surface area contributed by atoms with E-state index in [1.165, 1.54) is 0 Å². The number of hydrogen-bond donors (Lipinski definition) is 0. The van der Waals surface area contributed by atoms with Crippen molar-refractivity contribution < 1.29 is 4.74 Å². The van der Waals surface area contributed by atoms with E-state index in [4.69, 9.17) is 16.3 Å². The maximum Gasteiger partial charge on any atom is 0.153 e. The Hall–Kier alpha value is -2.58. The van der Waals surface area contributed by atoms with Crippen molar-refractivity contribution in [3.05, 3.63) is 89.4 Å². The maximum absolute atomic E-state index is 6.07. The first-order chi connectivity index (χ1) is 10.8. The molecule has 0 bridgehead atoms. The minimum atomic E-state index is 0.626. The highest BCUT2D eigenvalue weighted by molar-refractivity contribution is 6.30. The summed E-state index contributed by atoms with van der Waals surface area (Å²) < 4.78 is 5.88. The number of nitrogens with zero attached hydrogens (tertiary/aromatic N) is 1. The molecule has 22 heavy (non-hydrogen) atoms. The van der Waals surface area contributed by atoms with Gasteiger partial charge in [-0.15, -0.1) is 0 Å². The zero-order valence-corrected chi connectivity index (χ0v) is 12.6. The van der Waals surface area contributed by atoms with Crippen LogP contribution in [-0.4, -0.2) is 6.21 Å². The van der Waals surface area contributed by atoms with Crippen molar-refractivity contribution in [1.29, 1.82) is 0 Å². The summed E-state index contributed by atoms with van der Waals surface area (Å²) in [7, 11) is 0. The van der Waals surface area contributed by atoms with Gasteiger partial charge in [-0.3, -0.25) is 4.99 Å². The average molecular weight is 308 g/mol. The van der Waals surface area contributed by atoms with E-state index in [0.717, 1.165) is 11.3 Å². The average Bonchev–Trinajstić information content (AvgIpc) is 2.57. The van der Waals surface area contributed by atoms with Gasteiger partial charge in [0.25, 0.3) is 0 Å². The Bertz CT molecular complexity index is 770. The Kier molecular flexibility index (Phi) is 4.52. The molecule has 0 saturated heterocycles. The van der Waals surface area contributed by atoms with Crippen LogP contribution >= 0.6 is 11.6 Å². The molecule has 0 heterocycles. The summed E-state index contributed by atoms with van der Waals surface area (Å²) in [6.45, 7) is 0. The third-order valence-electron chi connectivity index (χ3n) is 3.04. The molecule has 0 spiro atoms. The van der Waals surface area contributed by atoms with Crippen molar-refractivity contribution in [2.45, 2.75) is 0 Å². The van der Waals surface area contributed by atoms with E-state index in [1.807, 2.05) is 66.7 Å². The molecule has 3 heteroatoms. The summed E-state index contributed by atoms with van der Waals surface area (Å²) in [6.07, 6.45) is 1.80. The normalized spacial score (nSPS) is 10.8. The van der Waals surface area contributed by atoms with E-state index in [9.17, 15) is 0 Å². The zero-order valence-electron chi connectivity index (χ0n) is 11.8. The summed E-state index contributed by atoms with van der Waals surface area (Å²) in [5.74, 6) is 1.43. The highest BCUT2D eigenvalue weighted by atomic mass is 35.5. The molecule has 0 aliphatic rings. The fraction of sp³-hybridized carbons (Fsp3) is 0. The molecule has 0 unspecified atom stereocenters. The van der Waals surface area contributed by atoms with Crippen molar-refractivity contribution in [2.24, 2.45) is 4.99 Å². The van der Waals surface area contributed by atoms with Crippen molar-refractivity contribution in [1.82, 2.24) is 0 Å². The van der Waals surface area contributed by atoms with Crippen LogP contribution in [0.25, 0.3) is 0 Å². The number of hydrogen-bond acceptors (Lipinski definition) is 2. The molecule has 0 aromatic heterocycles. The molecule has 0 aliphatic heterocycles. The summed E-state index contributed by atoms with van der Waals surface area (Å²) in [5.41, 5.74) is 1.72. The molecule has 3 aromatic rings. The predicted octanol–water partition coefficient (Wildman–Crippen LogP) is 5.88. The first-order valence-electron chi connectivity index (χ1n) is 6.93. The largest absolute Gasteiger partial charge is 0.455 e. The lowest BCUT2D eigenvalue weighted by molar-refractivity contribution is 0.484. The molecule has 2 nitrogen and oxygen atoms in total. The Balaban J connectivity index is 1.89. The van der Waals surface area contributed by atoms with Crippen LogP contribution in [0.15, 0.2) is 83.9 Å². The molecule has 108 valence electrons. The summed E-state index contributed by atoms with van der Waals surface area (Å²) in [4.78, 5) is 4.50. The Morgan fingerprint density at radius 3 is 2.23 bits per heavy atom. The molecule has 0 fully saturated rings. The van der Waals surface area contributed by atoms with Crippen LogP contribution in [0.4, 0.5) is 5.69 Å². The lowest BCUT2D eigenvalue weighted by Gasteiger charge is -2.08. The van der Waals surface area contributed by atoms with Crippen molar-refractivity contribution in [2.75, 3.05) is 0 Å². The van der Waals surface area contributed by atoms with Crippen LogP contribution in [0.2, 0.25) is 5.02 Å². The van der Waals surface area contributed by atoms with E-state index in [1.54, 1.807) is 18.3 Å². The fourth-order valence-electron chi connectivity index (χ4n) is 1.98. The van der Waals surface area contributed by atoms with Gasteiger partial charge in [0.15, 0.2) is 5.75 Å². The van der Waals surface area contributed by atoms with Gasteiger partial charge in [0, 0.05) is 11.2 Å². The quantitative estimate of drug-likeness (QED) is 0.551. The molecular formula is C19H14ClNO. The zero-order chi connectivity index (χ0) is 15.2. The Labute approximate surface area is 134 Å². The first kappa shape index (κ1) is 14.4. The van der Waals surface area contributed by atoms with Crippen LogP contribution in [0.3, 0.4) is 0 Å². The highest BCUT2D eigenvalue weighted by Crippen LogP contribution is 2.34. The highest BCUT2D eigenvalue weighted by Gasteiger charge is 2.05. The topological polar surface area (TPSA) is 21.6 Å². The first-order valence-corrected chi connectivity index (χ1v) is 7.31. The molecule has 3 rings (SSSR count). The van der Waals surface area contributed by atoms with E-state index in [2.05, 4.69) is 4.99 Å². The third-order valence-corrected chi connectivity index (χ3v) is 3.28. The number of aliphatic imine (C=N–C) groups is 1. The Morgan fingerprint density at radius 1 is 0.818 bits per heavy atom. The number of halogens is 1. The second kappa shape index (κ2) is 6.92. The fourth-order valence-corrected chi connectivity index (χ4v) is 2.14. The minimum Gasteiger partial charge on any atom is -0.455 e. The van der Waals surface area contributed by atoms with E-state index >= 15 is 0 Å². The predicted molar refractivity (Wildman–Crippen MR) is 91.7 cm³/mol. The number of rotatable bonds is 4. The second-order valence-corrected chi connectivity index (χ2v) is 5.13. The van der Waals surface area contributed by atoms with Gasteiger partial charge in [0.1, 0.15) is 11.4 Å². The lowest BCUT2D eigenvalue weighted by Crippen LogP contribution is -1.85. The number of benzene rings is 3. The van der Waals surface area contributed by atoms with Crippen molar-refractivity contribution in [3.63, 3.8) is 0 Å². The van der Waals surface area contributed by atoms with Crippen LogP contribution < -0.4 is 4.74 Å².